The zero-order valence-corrected chi connectivity index (χ0v) is 16.3. The van der Waals surface area contributed by atoms with Crippen molar-refractivity contribution in [3.05, 3.63) is 51.8 Å². The number of hydrogen-bond acceptors (Lipinski definition) is 5. The van der Waals surface area contributed by atoms with Gasteiger partial charge in [0.05, 0.1) is 25.5 Å². The SMILES string of the molecule is O=C(NC1CCSC1)c1n[nH]c2c1CCN(C(=O)c1cccc3c1COC3)C2. The summed E-state index contributed by atoms with van der Waals surface area (Å²) in [6.45, 7) is 2.08. The molecule has 0 radical (unpaired) electrons. The molecule has 0 saturated carbocycles. The van der Waals surface area contributed by atoms with Crippen LogP contribution >= 0.6 is 11.8 Å². The van der Waals surface area contributed by atoms with Gasteiger partial charge in [-0.2, -0.15) is 16.9 Å². The third kappa shape index (κ3) is 3.10. The average Bonchev–Trinajstić information content (AvgIpc) is 3.46. The predicted molar refractivity (Wildman–Crippen MR) is 105 cm³/mol. The van der Waals surface area contributed by atoms with Crippen LogP contribution in [0.25, 0.3) is 0 Å². The molecule has 2 N–H and O–H groups in total. The lowest BCUT2D eigenvalue weighted by Gasteiger charge is -2.27. The number of thioether (sulfide) groups is 1. The van der Waals surface area contributed by atoms with Crippen molar-refractivity contribution in [1.82, 2.24) is 20.4 Å². The lowest BCUT2D eigenvalue weighted by atomic mass is 9.99. The second-order valence-corrected chi connectivity index (χ2v) is 8.63. The summed E-state index contributed by atoms with van der Waals surface area (Å²) in [6.07, 6.45) is 1.64. The molecule has 4 heterocycles. The molecule has 28 heavy (non-hydrogen) atoms. The molecule has 1 fully saturated rings. The molecule has 2 amide bonds. The van der Waals surface area contributed by atoms with E-state index in [0.717, 1.165) is 45.9 Å². The Labute approximate surface area is 167 Å². The van der Waals surface area contributed by atoms with Crippen molar-refractivity contribution < 1.29 is 14.3 Å². The topological polar surface area (TPSA) is 87.3 Å². The Kier molecular flexibility index (Phi) is 4.60. The van der Waals surface area contributed by atoms with Gasteiger partial charge in [0.1, 0.15) is 0 Å². The quantitative estimate of drug-likeness (QED) is 0.824. The van der Waals surface area contributed by atoms with E-state index in [1.807, 2.05) is 34.9 Å². The van der Waals surface area contributed by atoms with E-state index in [4.69, 9.17) is 4.74 Å². The predicted octanol–water partition coefficient (Wildman–Crippen LogP) is 1.87. The van der Waals surface area contributed by atoms with Crippen molar-refractivity contribution in [3.63, 3.8) is 0 Å². The number of fused-ring (bicyclic) bond motifs is 2. The molecule has 5 rings (SSSR count). The number of carbonyl (C=O) groups is 2. The van der Waals surface area contributed by atoms with Gasteiger partial charge in [-0.05, 0) is 35.8 Å². The molecular weight excluding hydrogens is 376 g/mol. The number of H-pyrrole nitrogens is 1. The third-order valence-corrected chi connectivity index (χ3v) is 6.87. The lowest BCUT2D eigenvalue weighted by molar-refractivity contribution is 0.0728. The summed E-state index contributed by atoms with van der Waals surface area (Å²) in [5.41, 5.74) is 5.08. The summed E-state index contributed by atoms with van der Waals surface area (Å²) in [6, 6.07) is 6.03. The van der Waals surface area contributed by atoms with Crippen molar-refractivity contribution in [2.45, 2.75) is 38.6 Å². The van der Waals surface area contributed by atoms with Gasteiger partial charge in [0.25, 0.3) is 11.8 Å². The van der Waals surface area contributed by atoms with Gasteiger partial charge < -0.3 is 15.0 Å². The van der Waals surface area contributed by atoms with E-state index < -0.39 is 0 Å². The fraction of sp³-hybridized carbons (Fsp3) is 0.450. The summed E-state index contributed by atoms with van der Waals surface area (Å²) in [5, 5.41) is 10.3. The zero-order chi connectivity index (χ0) is 19.1. The standard InChI is InChI=1S/C20H22N4O3S/c25-19(21-13-5-7-28-11-13)18-15-4-6-24(8-17(15)22-23-18)20(26)14-3-1-2-12-9-27-10-16(12)14/h1-3,13H,4-11H2,(H,21,25)(H,22,23). The molecule has 0 aliphatic carbocycles. The first-order chi connectivity index (χ1) is 13.7. The maximum Gasteiger partial charge on any atom is 0.272 e. The molecule has 1 saturated heterocycles. The van der Waals surface area contributed by atoms with E-state index in [0.29, 0.717) is 38.4 Å². The molecule has 3 aliphatic rings. The van der Waals surface area contributed by atoms with Crippen LogP contribution in [0.2, 0.25) is 0 Å². The van der Waals surface area contributed by atoms with Crippen LogP contribution in [0, 0.1) is 0 Å². The minimum absolute atomic E-state index is 0.0107. The van der Waals surface area contributed by atoms with E-state index in [2.05, 4.69) is 15.5 Å². The van der Waals surface area contributed by atoms with Crippen molar-refractivity contribution in [2.24, 2.45) is 0 Å². The number of aromatic amines is 1. The van der Waals surface area contributed by atoms with Gasteiger partial charge in [-0.1, -0.05) is 12.1 Å². The molecule has 3 aliphatic heterocycles. The van der Waals surface area contributed by atoms with Gasteiger partial charge in [0, 0.05) is 29.5 Å². The number of benzene rings is 1. The second kappa shape index (κ2) is 7.25. The first-order valence-corrected chi connectivity index (χ1v) is 10.8. The molecular formula is C20H22N4O3S. The van der Waals surface area contributed by atoms with Gasteiger partial charge in [0.15, 0.2) is 5.69 Å². The van der Waals surface area contributed by atoms with Crippen LogP contribution < -0.4 is 5.32 Å². The summed E-state index contributed by atoms with van der Waals surface area (Å²) < 4.78 is 5.50. The Hall–Kier alpha value is -2.32. The van der Waals surface area contributed by atoms with Crippen molar-refractivity contribution in [2.75, 3.05) is 18.1 Å². The minimum Gasteiger partial charge on any atom is -0.372 e. The number of nitrogens with zero attached hydrogens (tertiary/aromatic N) is 2. The zero-order valence-electron chi connectivity index (χ0n) is 15.5. The highest BCUT2D eigenvalue weighted by molar-refractivity contribution is 7.99. The molecule has 8 heteroatoms. The number of amides is 2. The van der Waals surface area contributed by atoms with Crippen LogP contribution in [0.1, 0.15) is 49.7 Å². The van der Waals surface area contributed by atoms with E-state index in [1.54, 1.807) is 0 Å². The Morgan fingerprint density at radius 1 is 1.29 bits per heavy atom. The first kappa shape index (κ1) is 17.8. The largest absolute Gasteiger partial charge is 0.372 e. The van der Waals surface area contributed by atoms with Crippen molar-refractivity contribution in [1.29, 1.82) is 0 Å². The molecule has 1 aromatic carbocycles. The number of aromatic nitrogens is 2. The highest BCUT2D eigenvalue weighted by Crippen LogP contribution is 2.27. The minimum atomic E-state index is -0.109. The van der Waals surface area contributed by atoms with Gasteiger partial charge in [-0.25, -0.2) is 0 Å². The first-order valence-electron chi connectivity index (χ1n) is 9.63. The summed E-state index contributed by atoms with van der Waals surface area (Å²) in [5.74, 6) is 1.96. The Balaban J connectivity index is 1.32. The molecule has 1 atom stereocenters. The van der Waals surface area contributed by atoms with Crippen molar-refractivity contribution in [3.8, 4) is 0 Å². The van der Waals surface area contributed by atoms with Crippen LogP contribution in [0.4, 0.5) is 0 Å². The maximum atomic E-state index is 13.1. The van der Waals surface area contributed by atoms with Gasteiger partial charge in [-0.15, -0.1) is 0 Å². The van der Waals surface area contributed by atoms with Crippen LogP contribution in [0.3, 0.4) is 0 Å². The lowest BCUT2D eigenvalue weighted by Crippen LogP contribution is -2.38. The maximum absolute atomic E-state index is 13.1. The molecule has 7 nitrogen and oxygen atoms in total. The summed E-state index contributed by atoms with van der Waals surface area (Å²) in [4.78, 5) is 27.5. The van der Waals surface area contributed by atoms with E-state index in [9.17, 15) is 9.59 Å². The fourth-order valence-corrected chi connectivity index (χ4v) is 5.31. The van der Waals surface area contributed by atoms with Crippen LogP contribution in [-0.2, 0) is 30.9 Å². The molecule has 0 spiro atoms. The molecule has 0 bridgehead atoms. The molecule has 146 valence electrons. The van der Waals surface area contributed by atoms with Crippen molar-refractivity contribution >= 4 is 23.6 Å². The highest BCUT2D eigenvalue weighted by atomic mass is 32.2. The number of hydrogen-bond donors (Lipinski definition) is 2. The van der Waals surface area contributed by atoms with Crippen LogP contribution in [0.15, 0.2) is 18.2 Å². The van der Waals surface area contributed by atoms with E-state index in [-0.39, 0.29) is 17.9 Å². The number of carbonyl (C=O) groups excluding carboxylic acids is 2. The number of ether oxygens (including phenoxy) is 1. The molecule has 2 aromatic rings. The Morgan fingerprint density at radius 3 is 3.07 bits per heavy atom. The van der Waals surface area contributed by atoms with Gasteiger partial charge >= 0.3 is 0 Å². The smallest absolute Gasteiger partial charge is 0.272 e. The monoisotopic (exact) mass is 398 g/mol. The number of rotatable bonds is 3. The van der Waals surface area contributed by atoms with Crippen LogP contribution in [0.5, 0.6) is 0 Å². The number of nitrogens with one attached hydrogen (secondary N) is 2. The van der Waals surface area contributed by atoms with E-state index >= 15 is 0 Å². The third-order valence-electron chi connectivity index (χ3n) is 5.71. The van der Waals surface area contributed by atoms with Gasteiger partial charge in [-0.3, -0.25) is 14.7 Å². The molecule has 1 aromatic heterocycles. The van der Waals surface area contributed by atoms with E-state index in [1.165, 1.54) is 0 Å². The second-order valence-electron chi connectivity index (χ2n) is 7.48. The average molecular weight is 398 g/mol. The van der Waals surface area contributed by atoms with Gasteiger partial charge in [0.2, 0.25) is 0 Å². The molecule has 1 unspecified atom stereocenters. The van der Waals surface area contributed by atoms with Crippen LogP contribution in [-0.4, -0.2) is 51.0 Å². The Bertz CT molecular complexity index is 936. The Morgan fingerprint density at radius 2 is 2.21 bits per heavy atom. The highest BCUT2D eigenvalue weighted by Gasteiger charge is 2.30. The summed E-state index contributed by atoms with van der Waals surface area (Å²) >= 11 is 1.86. The normalized spacial score (nSPS) is 20.7. The fourth-order valence-electron chi connectivity index (χ4n) is 4.16. The summed E-state index contributed by atoms with van der Waals surface area (Å²) in [7, 11) is 0.